The summed E-state index contributed by atoms with van der Waals surface area (Å²) in [5, 5.41) is 0.631. The predicted molar refractivity (Wildman–Crippen MR) is 70.3 cm³/mol. The Morgan fingerprint density at radius 1 is 1.29 bits per heavy atom. The highest BCUT2D eigenvalue weighted by atomic mass is 35.5. The van der Waals surface area contributed by atoms with Crippen LogP contribution in [0.15, 0.2) is 24.3 Å². The van der Waals surface area contributed by atoms with Crippen LogP contribution in [0.5, 0.6) is 0 Å². The van der Waals surface area contributed by atoms with Crippen molar-refractivity contribution in [3.8, 4) is 0 Å². The van der Waals surface area contributed by atoms with E-state index in [1.807, 2.05) is 12.1 Å². The second-order valence-corrected chi connectivity index (χ2v) is 5.26. The van der Waals surface area contributed by atoms with Gasteiger partial charge in [-0.15, -0.1) is 0 Å². The number of rotatable bonds is 3. The van der Waals surface area contributed by atoms with Gasteiger partial charge in [0.2, 0.25) is 0 Å². The van der Waals surface area contributed by atoms with Gasteiger partial charge in [-0.1, -0.05) is 23.7 Å². The van der Waals surface area contributed by atoms with Gasteiger partial charge in [0.05, 0.1) is 0 Å². The molecule has 2 N–H and O–H groups in total. The fraction of sp³-hybridized carbons (Fsp3) is 0.500. The van der Waals surface area contributed by atoms with Crippen LogP contribution in [0.4, 0.5) is 0 Å². The number of carbonyl (C=O) groups excluding carboxylic acids is 1. The van der Waals surface area contributed by atoms with Gasteiger partial charge in [-0.2, -0.15) is 0 Å². The van der Waals surface area contributed by atoms with E-state index in [2.05, 4.69) is 0 Å². The third-order valence-electron chi connectivity index (χ3n) is 3.66. The summed E-state index contributed by atoms with van der Waals surface area (Å²) in [6.45, 7) is 0.748. The molecule has 1 aromatic rings. The highest BCUT2D eigenvalue weighted by Crippen LogP contribution is 2.30. The van der Waals surface area contributed by atoms with Gasteiger partial charge >= 0.3 is 0 Å². The molecule has 0 atom stereocenters. The van der Waals surface area contributed by atoms with Crippen LogP contribution >= 0.6 is 11.6 Å². The summed E-state index contributed by atoms with van der Waals surface area (Å²) in [5.41, 5.74) is 6.40. The summed E-state index contributed by atoms with van der Waals surface area (Å²) in [7, 11) is 0. The third kappa shape index (κ3) is 3.08. The first-order chi connectivity index (χ1) is 8.20. The molecule has 0 unspecified atom stereocenters. The van der Waals surface area contributed by atoms with Crippen molar-refractivity contribution in [1.82, 2.24) is 0 Å². The molecule has 3 heteroatoms. The summed E-state index contributed by atoms with van der Waals surface area (Å²) < 4.78 is 0. The Morgan fingerprint density at radius 2 is 2.00 bits per heavy atom. The van der Waals surface area contributed by atoms with Crippen LogP contribution < -0.4 is 5.73 Å². The number of hydrogen-bond donors (Lipinski definition) is 1. The lowest BCUT2D eigenvalue weighted by atomic mass is 9.79. The Kier molecular flexibility index (Phi) is 4.19. The maximum Gasteiger partial charge on any atom is 0.165 e. The molecule has 0 radical (unpaired) electrons. The first kappa shape index (κ1) is 12.6. The third-order valence-corrected chi connectivity index (χ3v) is 3.90. The molecule has 0 aliphatic heterocycles. The van der Waals surface area contributed by atoms with Crippen LogP contribution in [0.1, 0.15) is 36.0 Å². The van der Waals surface area contributed by atoms with Crippen molar-refractivity contribution < 1.29 is 4.79 Å². The second kappa shape index (κ2) is 5.65. The highest BCUT2D eigenvalue weighted by molar-refractivity contribution is 6.31. The smallest absolute Gasteiger partial charge is 0.165 e. The molecule has 92 valence electrons. The molecule has 2 nitrogen and oxygen atoms in total. The minimum Gasteiger partial charge on any atom is -0.330 e. The maximum absolute atomic E-state index is 12.3. The van der Waals surface area contributed by atoms with Crippen LogP contribution in [-0.4, -0.2) is 12.3 Å². The number of ketones is 1. The first-order valence-corrected chi connectivity index (χ1v) is 6.58. The highest BCUT2D eigenvalue weighted by Gasteiger charge is 2.26. The van der Waals surface area contributed by atoms with Gasteiger partial charge < -0.3 is 5.73 Å². The Bertz CT molecular complexity index is 397. The molecule has 0 heterocycles. The number of halogens is 1. The van der Waals surface area contributed by atoms with Crippen molar-refractivity contribution in [3.05, 3.63) is 34.9 Å². The Labute approximate surface area is 107 Å². The Hall–Kier alpha value is -0.860. The van der Waals surface area contributed by atoms with Crippen molar-refractivity contribution in [2.75, 3.05) is 6.54 Å². The zero-order valence-electron chi connectivity index (χ0n) is 9.86. The number of benzene rings is 1. The summed E-state index contributed by atoms with van der Waals surface area (Å²) in [5.74, 6) is 1.01. The van der Waals surface area contributed by atoms with Crippen LogP contribution in [0.3, 0.4) is 0 Å². The van der Waals surface area contributed by atoms with Crippen molar-refractivity contribution in [2.45, 2.75) is 25.7 Å². The molecular formula is C14H18ClNO. The predicted octanol–water partition coefficient (Wildman–Crippen LogP) is 3.29. The fourth-order valence-electron chi connectivity index (χ4n) is 2.54. The van der Waals surface area contributed by atoms with E-state index in [4.69, 9.17) is 17.3 Å². The molecule has 1 fully saturated rings. The summed E-state index contributed by atoms with van der Waals surface area (Å²) in [6.07, 6.45) is 4.08. The standard InChI is InChI=1S/C14H18ClNO/c15-13-3-1-2-12(8-13)14(17)11-6-4-10(9-16)5-7-11/h1-3,8,10-11H,4-7,9,16H2. The Morgan fingerprint density at radius 3 is 2.59 bits per heavy atom. The summed E-state index contributed by atoms with van der Waals surface area (Å²) in [4.78, 5) is 12.3. The number of carbonyl (C=O) groups is 1. The van der Waals surface area contributed by atoms with Gasteiger partial charge in [-0.05, 0) is 50.3 Å². The lowest BCUT2D eigenvalue weighted by molar-refractivity contribution is 0.0873. The van der Waals surface area contributed by atoms with E-state index in [0.717, 1.165) is 37.8 Å². The van der Waals surface area contributed by atoms with Crippen molar-refractivity contribution in [3.63, 3.8) is 0 Å². The summed E-state index contributed by atoms with van der Waals surface area (Å²) in [6, 6.07) is 7.24. The van der Waals surface area contributed by atoms with Gasteiger partial charge in [-0.3, -0.25) is 4.79 Å². The van der Waals surface area contributed by atoms with Gasteiger partial charge in [0.25, 0.3) is 0 Å². The fourth-order valence-corrected chi connectivity index (χ4v) is 2.73. The molecule has 1 saturated carbocycles. The molecule has 1 aromatic carbocycles. The quantitative estimate of drug-likeness (QED) is 0.838. The van der Waals surface area contributed by atoms with E-state index in [0.29, 0.717) is 10.9 Å². The van der Waals surface area contributed by atoms with Gasteiger partial charge in [-0.25, -0.2) is 0 Å². The molecule has 17 heavy (non-hydrogen) atoms. The minimum atomic E-state index is 0.163. The zero-order chi connectivity index (χ0) is 12.3. The molecule has 1 aliphatic rings. The monoisotopic (exact) mass is 251 g/mol. The van der Waals surface area contributed by atoms with E-state index in [-0.39, 0.29) is 11.7 Å². The number of nitrogens with two attached hydrogens (primary N) is 1. The maximum atomic E-state index is 12.3. The van der Waals surface area contributed by atoms with Gasteiger partial charge in [0, 0.05) is 16.5 Å². The lowest BCUT2D eigenvalue weighted by Gasteiger charge is -2.26. The van der Waals surface area contributed by atoms with Crippen LogP contribution in [0, 0.1) is 11.8 Å². The minimum absolute atomic E-state index is 0.163. The average Bonchev–Trinajstić information content (AvgIpc) is 2.38. The molecule has 2 rings (SSSR count). The number of hydrogen-bond acceptors (Lipinski definition) is 2. The SMILES string of the molecule is NCC1CCC(C(=O)c2cccc(Cl)c2)CC1. The molecule has 0 aromatic heterocycles. The Balaban J connectivity index is 2.02. The largest absolute Gasteiger partial charge is 0.330 e. The first-order valence-electron chi connectivity index (χ1n) is 6.20. The average molecular weight is 252 g/mol. The van der Waals surface area contributed by atoms with Crippen LogP contribution in [0.25, 0.3) is 0 Å². The molecule has 0 saturated heterocycles. The lowest BCUT2D eigenvalue weighted by Crippen LogP contribution is -2.25. The number of Topliss-reactive ketones (excluding diaryl/α,β-unsaturated/α-hetero) is 1. The van der Waals surface area contributed by atoms with Crippen molar-refractivity contribution in [1.29, 1.82) is 0 Å². The zero-order valence-corrected chi connectivity index (χ0v) is 10.6. The van der Waals surface area contributed by atoms with Crippen molar-refractivity contribution >= 4 is 17.4 Å². The van der Waals surface area contributed by atoms with Crippen LogP contribution in [-0.2, 0) is 0 Å². The topological polar surface area (TPSA) is 43.1 Å². The van der Waals surface area contributed by atoms with E-state index < -0.39 is 0 Å². The molecule has 1 aliphatic carbocycles. The summed E-state index contributed by atoms with van der Waals surface area (Å²) >= 11 is 5.90. The van der Waals surface area contributed by atoms with E-state index in [1.165, 1.54) is 0 Å². The molecule has 0 amide bonds. The molecule has 0 bridgehead atoms. The van der Waals surface area contributed by atoms with Gasteiger partial charge in [0.1, 0.15) is 0 Å². The van der Waals surface area contributed by atoms with Gasteiger partial charge in [0.15, 0.2) is 5.78 Å². The normalized spacial score (nSPS) is 24.6. The molecule has 0 spiro atoms. The van der Waals surface area contributed by atoms with Crippen molar-refractivity contribution in [2.24, 2.45) is 17.6 Å². The van der Waals surface area contributed by atoms with Crippen LogP contribution in [0.2, 0.25) is 5.02 Å². The second-order valence-electron chi connectivity index (χ2n) is 4.83. The van der Waals surface area contributed by atoms with E-state index in [1.54, 1.807) is 12.1 Å². The van der Waals surface area contributed by atoms with E-state index in [9.17, 15) is 4.79 Å². The van der Waals surface area contributed by atoms with E-state index >= 15 is 0 Å². The molecular weight excluding hydrogens is 234 g/mol.